The van der Waals surface area contributed by atoms with Gasteiger partial charge in [0, 0.05) is 19.3 Å². The van der Waals surface area contributed by atoms with E-state index in [1.54, 1.807) is 0 Å². The van der Waals surface area contributed by atoms with Crippen molar-refractivity contribution in [1.29, 1.82) is 0 Å². The summed E-state index contributed by atoms with van der Waals surface area (Å²) in [5.41, 5.74) is 0. The Kier molecular flexibility index (Phi) is 50.9. The number of ether oxygens (including phenoxy) is 3. The van der Waals surface area contributed by atoms with Crippen LogP contribution in [0.4, 0.5) is 0 Å². The Bertz CT molecular complexity index is 1330. The van der Waals surface area contributed by atoms with Crippen molar-refractivity contribution in [2.75, 3.05) is 13.2 Å². The van der Waals surface area contributed by atoms with Crippen molar-refractivity contribution in [3.8, 4) is 0 Å². The van der Waals surface area contributed by atoms with Crippen LogP contribution in [0.25, 0.3) is 0 Å². The summed E-state index contributed by atoms with van der Waals surface area (Å²) in [6.07, 6.45) is 71.1. The molecule has 1 atom stereocenters. The molecule has 1 unspecified atom stereocenters. The van der Waals surface area contributed by atoms with Crippen LogP contribution in [-0.2, 0) is 28.6 Å². The molecule has 0 heterocycles. The lowest BCUT2D eigenvalue weighted by atomic mass is 10.1. The molecule has 6 nitrogen and oxygen atoms in total. The quantitative estimate of drug-likeness (QED) is 0.0262. The van der Waals surface area contributed by atoms with Crippen LogP contribution in [0.15, 0.2) is 97.2 Å². The molecule has 0 aromatic heterocycles. The maximum Gasteiger partial charge on any atom is 0.306 e. The van der Waals surface area contributed by atoms with Gasteiger partial charge in [-0.25, -0.2) is 0 Å². The number of esters is 3. The molecule has 0 bridgehead atoms. The van der Waals surface area contributed by atoms with Gasteiger partial charge in [-0.2, -0.15) is 0 Å². The molecule has 0 spiro atoms. The second-order valence-corrected chi connectivity index (χ2v) is 17.7. The average Bonchev–Trinajstić information content (AvgIpc) is 3.31. The van der Waals surface area contributed by atoms with E-state index < -0.39 is 6.10 Å². The van der Waals surface area contributed by atoms with E-state index in [4.69, 9.17) is 14.2 Å². The fourth-order valence-corrected chi connectivity index (χ4v) is 7.27. The number of rotatable bonds is 48. The van der Waals surface area contributed by atoms with Crippen LogP contribution in [0.1, 0.15) is 245 Å². The highest BCUT2D eigenvalue weighted by Crippen LogP contribution is 2.14. The molecule has 0 saturated heterocycles. The van der Waals surface area contributed by atoms with Gasteiger partial charge in [-0.3, -0.25) is 14.4 Å². The van der Waals surface area contributed by atoms with E-state index in [2.05, 4.69) is 118 Å². The smallest absolute Gasteiger partial charge is 0.306 e. The topological polar surface area (TPSA) is 78.9 Å². The number of carbonyl (C=O) groups excluding carboxylic acids is 3. The Labute approximate surface area is 407 Å². The largest absolute Gasteiger partial charge is 0.462 e. The van der Waals surface area contributed by atoms with Gasteiger partial charge in [-0.05, 0) is 116 Å². The van der Waals surface area contributed by atoms with Gasteiger partial charge in [0.25, 0.3) is 0 Å². The normalized spacial score (nSPS) is 12.8. The predicted molar refractivity (Wildman–Crippen MR) is 284 cm³/mol. The first-order valence-corrected chi connectivity index (χ1v) is 27.2. The first kappa shape index (κ1) is 62.3. The van der Waals surface area contributed by atoms with E-state index in [1.165, 1.54) is 70.6 Å². The molecule has 0 saturated carbocycles. The second kappa shape index (κ2) is 53.9. The highest BCUT2D eigenvalue weighted by molar-refractivity contribution is 5.71. The highest BCUT2D eigenvalue weighted by Gasteiger charge is 2.19. The minimum absolute atomic E-state index is 0.0986. The molecule has 0 N–H and O–H groups in total. The first-order valence-electron chi connectivity index (χ1n) is 27.2. The van der Waals surface area contributed by atoms with E-state index in [1.807, 2.05) is 0 Å². The molecule has 0 aliphatic heterocycles. The molecule has 66 heavy (non-hydrogen) atoms. The van der Waals surface area contributed by atoms with Crippen LogP contribution in [0.3, 0.4) is 0 Å². The maximum atomic E-state index is 12.8. The van der Waals surface area contributed by atoms with Crippen molar-refractivity contribution < 1.29 is 28.6 Å². The molecule has 6 heteroatoms. The lowest BCUT2D eigenvalue weighted by Gasteiger charge is -2.18. The van der Waals surface area contributed by atoms with Crippen molar-refractivity contribution in [2.45, 2.75) is 252 Å². The molecule has 0 amide bonds. The van der Waals surface area contributed by atoms with Gasteiger partial charge in [0.05, 0.1) is 0 Å². The zero-order valence-electron chi connectivity index (χ0n) is 42.9. The lowest BCUT2D eigenvalue weighted by Crippen LogP contribution is -2.30. The first-order chi connectivity index (χ1) is 32.5. The zero-order chi connectivity index (χ0) is 47.9. The molecule has 0 fully saturated rings. The monoisotopic (exact) mass is 917 g/mol. The summed E-state index contributed by atoms with van der Waals surface area (Å²) < 4.78 is 16.8. The van der Waals surface area contributed by atoms with Crippen molar-refractivity contribution >= 4 is 17.9 Å². The van der Waals surface area contributed by atoms with E-state index in [-0.39, 0.29) is 31.1 Å². The summed E-state index contributed by atoms with van der Waals surface area (Å²) in [5.74, 6) is -0.950. The number of carbonyl (C=O) groups is 3. The van der Waals surface area contributed by atoms with Gasteiger partial charge in [0.1, 0.15) is 13.2 Å². The Morgan fingerprint density at radius 2 is 0.591 bits per heavy atom. The molecular weight excluding hydrogens is 817 g/mol. The number of allylic oxidation sites excluding steroid dienone is 16. The van der Waals surface area contributed by atoms with Crippen molar-refractivity contribution in [3.63, 3.8) is 0 Å². The van der Waals surface area contributed by atoms with Crippen LogP contribution in [0.5, 0.6) is 0 Å². The second-order valence-electron chi connectivity index (χ2n) is 17.7. The van der Waals surface area contributed by atoms with E-state index >= 15 is 0 Å². The SMILES string of the molecule is CC/C=C\C/C=C\C/C=C\C/C=C\CCCCCCCCC(=O)OCC(COC(=O)CCCCC/C=C\C/C=C\C/C=C\CC)OC(=O)CCCCCCC/C=C\CCCCCCCCC. The van der Waals surface area contributed by atoms with Crippen LogP contribution >= 0.6 is 0 Å². The molecule has 0 aliphatic rings. The van der Waals surface area contributed by atoms with Crippen LogP contribution in [0.2, 0.25) is 0 Å². The standard InChI is InChI=1S/C60H100O6/c1-4-7-10-13-16-19-22-25-27-29-30-31-33-35-38-41-44-47-50-53-59(62)65-56-57(55-64-58(61)52-49-46-43-40-37-34-24-21-18-15-12-9-6-3)66-60(63)54-51-48-45-42-39-36-32-28-26-23-20-17-14-11-8-5-2/h7,9-10,12,16,18-19,21,25,27-28,30-32,34,37,57H,4-6,8,11,13-15,17,20,22-24,26,29,33,35-36,38-56H2,1-3H3/b10-7-,12-9-,19-16-,21-18-,27-25-,31-30-,32-28-,37-34-. The number of unbranched alkanes of at least 4 members (excludes halogenated alkanes) is 21. The fourth-order valence-electron chi connectivity index (χ4n) is 7.27. The third-order valence-electron chi connectivity index (χ3n) is 11.3. The fraction of sp³-hybridized carbons (Fsp3) is 0.683. The van der Waals surface area contributed by atoms with Gasteiger partial charge in [0.15, 0.2) is 6.10 Å². The minimum Gasteiger partial charge on any atom is -0.462 e. The van der Waals surface area contributed by atoms with Crippen LogP contribution < -0.4 is 0 Å². The van der Waals surface area contributed by atoms with Crippen molar-refractivity contribution in [3.05, 3.63) is 97.2 Å². The van der Waals surface area contributed by atoms with Gasteiger partial charge in [-0.15, -0.1) is 0 Å². The zero-order valence-corrected chi connectivity index (χ0v) is 42.9. The average molecular weight is 917 g/mol. The summed E-state index contributed by atoms with van der Waals surface area (Å²) in [5, 5.41) is 0. The van der Waals surface area contributed by atoms with Gasteiger partial charge in [-0.1, -0.05) is 208 Å². The summed E-state index contributed by atoms with van der Waals surface area (Å²) in [7, 11) is 0. The van der Waals surface area contributed by atoms with Gasteiger partial charge < -0.3 is 14.2 Å². The highest BCUT2D eigenvalue weighted by atomic mass is 16.6. The van der Waals surface area contributed by atoms with Crippen LogP contribution in [0, 0.1) is 0 Å². The predicted octanol–water partition coefficient (Wildman–Crippen LogP) is 18.1. The summed E-state index contributed by atoms with van der Waals surface area (Å²) >= 11 is 0. The maximum absolute atomic E-state index is 12.8. The Morgan fingerprint density at radius 1 is 0.318 bits per heavy atom. The molecule has 0 radical (unpaired) electrons. The molecule has 376 valence electrons. The minimum atomic E-state index is -0.801. The summed E-state index contributed by atoms with van der Waals surface area (Å²) in [6, 6.07) is 0. The van der Waals surface area contributed by atoms with E-state index in [0.29, 0.717) is 19.3 Å². The number of hydrogen-bond donors (Lipinski definition) is 0. The lowest BCUT2D eigenvalue weighted by molar-refractivity contribution is -0.167. The Hall–Kier alpha value is -3.67. The third kappa shape index (κ3) is 51.3. The Balaban J connectivity index is 4.45. The molecule has 0 aliphatic carbocycles. The van der Waals surface area contributed by atoms with Gasteiger partial charge >= 0.3 is 17.9 Å². The molecule has 0 aromatic rings. The molecular formula is C60H100O6. The van der Waals surface area contributed by atoms with Crippen molar-refractivity contribution in [2.24, 2.45) is 0 Å². The summed E-state index contributed by atoms with van der Waals surface area (Å²) in [4.78, 5) is 38.1. The van der Waals surface area contributed by atoms with E-state index in [9.17, 15) is 14.4 Å². The summed E-state index contributed by atoms with van der Waals surface area (Å²) in [6.45, 7) is 6.36. The van der Waals surface area contributed by atoms with Crippen LogP contribution in [-0.4, -0.2) is 37.2 Å². The third-order valence-corrected chi connectivity index (χ3v) is 11.3. The Morgan fingerprint density at radius 3 is 0.955 bits per heavy atom. The molecule has 0 aromatic carbocycles. The van der Waals surface area contributed by atoms with Gasteiger partial charge in [0.2, 0.25) is 0 Å². The van der Waals surface area contributed by atoms with E-state index in [0.717, 1.165) is 135 Å². The van der Waals surface area contributed by atoms with Crippen molar-refractivity contribution in [1.82, 2.24) is 0 Å². The molecule has 0 rings (SSSR count). The number of hydrogen-bond acceptors (Lipinski definition) is 6.